The molecule has 0 spiro atoms. The number of rotatable bonds is 4. The summed E-state index contributed by atoms with van der Waals surface area (Å²) in [5, 5.41) is 4.91. The van der Waals surface area contributed by atoms with Crippen LogP contribution in [0.15, 0.2) is 23.1 Å². The molecule has 9 heteroatoms. The quantitative estimate of drug-likeness (QED) is 0.787. The summed E-state index contributed by atoms with van der Waals surface area (Å²) in [6.07, 6.45) is 0. The van der Waals surface area contributed by atoms with Crippen molar-refractivity contribution in [3.05, 3.63) is 23.8 Å². The molecule has 0 radical (unpaired) electrons. The van der Waals surface area contributed by atoms with E-state index < -0.39 is 32.3 Å². The third kappa shape index (κ3) is 3.32. The summed E-state index contributed by atoms with van der Waals surface area (Å²) in [5.74, 6) is -0.431. The minimum Gasteiger partial charge on any atom is -0.434 e. The molecule has 0 aliphatic rings. The maximum Gasteiger partial charge on any atom is 0.387 e. The summed E-state index contributed by atoms with van der Waals surface area (Å²) in [6.45, 7) is -3.13. The predicted octanol–water partition coefficient (Wildman–Crippen LogP) is 0.570. The van der Waals surface area contributed by atoms with Gasteiger partial charge >= 0.3 is 6.61 Å². The number of nitrogens with two attached hydrogens (primary N) is 2. The number of ether oxygens (including phenoxy) is 1. The maximum atomic E-state index is 12.1. The van der Waals surface area contributed by atoms with E-state index in [1.54, 1.807) is 0 Å². The van der Waals surface area contributed by atoms with E-state index in [4.69, 9.17) is 10.9 Å². The van der Waals surface area contributed by atoms with Gasteiger partial charge < -0.3 is 10.5 Å². The first-order valence-electron chi connectivity index (χ1n) is 4.14. The Labute approximate surface area is 101 Å². The fourth-order valence-electron chi connectivity index (χ4n) is 1.19. The number of alkyl halides is 2. The van der Waals surface area contributed by atoms with E-state index >= 15 is 0 Å². The lowest BCUT2D eigenvalue weighted by atomic mass is 10.2. The highest BCUT2D eigenvalue weighted by molar-refractivity contribution is 7.89. The summed E-state index contributed by atoms with van der Waals surface area (Å²) < 4.78 is 50.8. The number of sulfonamides is 1. The van der Waals surface area contributed by atoms with Gasteiger partial charge in [-0.1, -0.05) is 18.3 Å². The van der Waals surface area contributed by atoms with Gasteiger partial charge in [0.05, 0.1) is 10.5 Å². The smallest absolute Gasteiger partial charge is 0.387 e. The Balaban J connectivity index is 3.49. The average Bonchev–Trinajstić information content (AvgIpc) is 2.14. The van der Waals surface area contributed by atoms with Gasteiger partial charge in [0.1, 0.15) is 10.7 Å². The molecule has 0 saturated carbocycles. The van der Waals surface area contributed by atoms with Crippen molar-refractivity contribution < 1.29 is 21.9 Å². The lowest BCUT2D eigenvalue weighted by Gasteiger charge is -2.12. The van der Waals surface area contributed by atoms with E-state index in [0.717, 1.165) is 12.1 Å². The molecule has 0 fully saturated rings. The third-order valence-corrected chi connectivity index (χ3v) is 2.91. The number of thiocarbonyl (C=S) groups is 1. The van der Waals surface area contributed by atoms with Crippen LogP contribution in [-0.2, 0) is 10.0 Å². The molecule has 1 aromatic rings. The first-order chi connectivity index (χ1) is 7.73. The van der Waals surface area contributed by atoms with Gasteiger partial charge in [0.25, 0.3) is 0 Å². The first kappa shape index (κ1) is 13.7. The van der Waals surface area contributed by atoms with Crippen molar-refractivity contribution in [2.45, 2.75) is 11.5 Å². The van der Waals surface area contributed by atoms with Crippen molar-refractivity contribution in [3.8, 4) is 5.75 Å². The lowest BCUT2D eigenvalue weighted by Crippen LogP contribution is -2.21. The van der Waals surface area contributed by atoms with E-state index in [9.17, 15) is 17.2 Å². The van der Waals surface area contributed by atoms with E-state index in [1.165, 1.54) is 6.07 Å². The minimum absolute atomic E-state index is 0.328. The van der Waals surface area contributed by atoms with Crippen LogP contribution >= 0.6 is 12.2 Å². The molecule has 1 rings (SSSR count). The Hall–Kier alpha value is -1.32. The van der Waals surface area contributed by atoms with E-state index in [0.29, 0.717) is 0 Å². The molecule has 0 unspecified atom stereocenters. The van der Waals surface area contributed by atoms with Crippen LogP contribution in [0.1, 0.15) is 5.56 Å². The molecular formula is C8H8F2N2O3S2. The zero-order valence-corrected chi connectivity index (χ0v) is 9.89. The second-order valence-electron chi connectivity index (χ2n) is 2.92. The van der Waals surface area contributed by atoms with Gasteiger partial charge in [-0.2, -0.15) is 8.78 Å². The summed E-state index contributed by atoms with van der Waals surface area (Å²) in [6, 6.07) is 3.41. The van der Waals surface area contributed by atoms with Crippen molar-refractivity contribution in [2.24, 2.45) is 10.9 Å². The third-order valence-electron chi connectivity index (χ3n) is 1.76. The number of hydrogen-bond acceptors (Lipinski definition) is 4. The molecule has 0 aromatic heterocycles. The van der Waals surface area contributed by atoms with Gasteiger partial charge in [0, 0.05) is 0 Å². The average molecular weight is 282 g/mol. The maximum absolute atomic E-state index is 12.1. The molecule has 0 bridgehead atoms. The number of benzene rings is 1. The Kier molecular flexibility index (Phi) is 3.96. The monoisotopic (exact) mass is 282 g/mol. The van der Waals surface area contributed by atoms with Crippen LogP contribution in [-0.4, -0.2) is 20.0 Å². The van der Waals surface area contributed by atoms with Crippen molar-refractivity contribution in [1.29, 1.82) is 0 Å². The van der Waals surface area contributed by atoms with Crippen LogP contribution in [0, 0.1) is 0 Å². The topological polar surface area (TPSA) is 95.4 Å². The molecule has 0 atom stereocenters. The molecule has 0 heterocycles. The Morgan fingerprint density at radius 3 is 2.41 bits per heavy atom. The van der Waals surface area contributed by atoms with Gasteiger partial charge in [-0.05, 0) is 12.1 Å². The molecule has 94 valence electrons. The van der Waals surface area contributed by atoms with Crippen LogP contribution < -0.4 is 15.6 Å². The van der Waals surface area contributed by atoms with E-state index in [-0.39, 0.29) is 5.56 Å². The van der Waals surface area contributed by atoms with Gasteiger partial charge in [-0.15, -0.1) is 0 Å². The standard InChI is InChI=1S/C8H8F2N2O3S2/c9-8(10)15-4-2-1-3-5(17(12,13)14)6(4)7(11)16/h1-3,8H,(H2,11,16)(H2,12,13,14). The first-order valence-corrected chi connectivity index (χ1v) is 6.09. The highest BCUT2D eigenvalue weighted by atomic mass is 32.2. The number of halogens is 2. The molecule has 0 amide bonds. The highest BCUT2D eigenvalue weighted by Crippen LogP contribution is 2.26. The molecule has 1 aromatic carbocycles. The molecule has 4 N–H and O–H groups in total. The highest BCUT2D eigenvalue weighted by Gasteiger charge is 2.21. The molecule has 5 nitrogen and oxygen atoms in total. The zero-order chi connectivity index (χ0) is 13.2. The summed E-state index contributed by atoms with van der Waals surface area (Å²) >= 11 is 4.59. The van der Waals surface area contributed by atoms with Crippen molar-refractivity contribution in [1.82, 2.24) is 0 Å². The van der Waals surface area contributed by atoms with Crippen LogP contribution in [0.3, 0.4) is 0 Å². The molecule has 0 aliphatic heterocycles. The summed E-state index contributed by atoms with van der Waals surface area (Å²) in [4.78, 5) is -0.853. The Morgan fingerprint density at radius 1 is 1.41 bits per heavy atom. The summed E-state index contributed by atoms with van der Waals surface area (Å²) in [7, 11) is -4.13. The largest absolute Gasteiger partial charge is 0.434 e. The van der Waals surface area contributed by atoms with Gasteiger partial charge in [-0.25, -0.2) is 13.6 Å². The van der Waals surface area contributed by atoms with Crippen molar-refractivity contribution in [3.63, 3.8) is 0 Å². The lowest BCUT2D eigenvalue weighted by molar-refractivity contribution is -0.0501. The zero-order valence-electron chi connectivity index (χ0n) is 8.26. The van der Waals surface area contributed by atoms with Crippen molar-refractivity contribution in [2.75, 3.05) is 0 Å². The molecular weight excluding hydrogens is 274 g/mol. The number of primary sulfonamides is 1. The fourth-order valence-corrected chi connectivity index (χ4v) is 2.22. The molecule has 0 aliphatic carbocycles. The fraction of sp³-hybridized carbons (Fsp3) is 0.125. The Morgan fingerprint density at radius 2 is 2.00 bits per heavy atom. The molecule has 0 saturated heterocycles. The summed E-state index contributed by atoms with van der Waals surface area (Å²) in [5.41, 5.74) is 4.95. The number of hydrogen-bond donors (Lipinski definition) is 2. The van der Waals surface area contributed by atoms with E-state index in [2.05, 4.69) is 17.0 Å². The van der Waals surface area contributed by atoms with Gasteiger partial charge in [-0.3, -0.25) is 0 Å². The van der Waals surface area contributed by atoms with Gasteiger partial charge in [0.2, 0.25) is 10.0 Å². The van der Waals surface area contributed by atoms with Gasteiger partial charge in [0.15, 0.2) is 0 Å². The predicted molar refractivity (Wildman–Crippen MR) is 60.3 cm³/mol. The van der Waals surface area contributed by atoms with Crippen LogP contribution in [0.25, 0.3) is 0 Å². The minimum atomic E-state index is -4.13. The van der Waals surface area contributed by atoms with Crippen LogP contribution in [0.4, 0.5) is 8.78 Å². The second kappa shape index (κ2) is 4.90. The van der Waals surface area contributed by atoms with Crippen LogP contribution in [0.5, 0.6) is 5.75 Å². The Bertz CT molecular complexity index is 546. The van der Waals surface area contributed by atoms with Crippen molar-refractivity contribution >= 4 is 27.2 Å². The SMILES string of the molecule is NC(=S)c1c(OC(F)F)cccc1S(N)(=O)=O. The molecule has 17 heavy (non-hydrogen) atoms. The van der Waals surface area contributed by atoms with Crippen LogP contribution in [0.2, 0.25) is 0 Å². The normalized spacial score (nSPS) is 11.5. The second-order valence-corrected chi connectivity index (χ2v) is 4.89. The van der Waals surface area contributed by atoms with E-state index in [1.807, 2.05) is 0 Å².